The first-order chi connectivity index (χ1) is 12.6. The molecule has 0 bridgehead atoms. The number of aromatic nitrogens is 1. The van der Waals surface area contributed by atoms with E-state index in [9.17, 15) is 0 Å². The molecule has 2 aromatic heterocycles. The van der Waals surface area contributed by atoms with Gasteiger partial charge in [-0.05, 0) is 54.5 Å². The van der Waals surface area contributed by atoms with Gasteiger partial charge >= 0.3 is 0 Å². The van der Waals surface area contributed by atoms with Crippen molar-refractivity contribution in [1.82, 2.24) is 4.98 Å². The van der Waals surface area contributed by atoms with Crippen molar-refractivity contribution in [2.45, 2.75) is 25.7 Å². The van der Waals surface area contributed by atoms with E-state index in [0.29, 0.717) is 10.6 Å². The van der Waals surface area contributed by atoms with Crippen LogP contribution in [0.15, 0.2) is 33.7 Å². The van der Waals surface area contributed by atoms with Crippen LogP contribution in [0, 0.1) is 11.5 Å². The number of aryl methyl sites for hydroxylation is 1. The second kappa shape index (κ2) is 6.71. The minimum Gasteiger partial charge on any atom is -0.397 e. The number of halogens is 1. The molecule has 2 heterocycles. The molecule has 0 saturated heterocycles. The number of nitrogen functional groups attached to an aromatic ring is 1. The van der Waals surface area contributed by atoms with Gasteiger partial charge in [-0.2, -0.15) is 10.3 Å². The molecule has 1 aliphatic rings. The fourth-order valence-electron chi connectivity index (χ4n) is 3.54. The quantitative estimate of drug-likeness (QED) is 0.361. The van der Waals surface area contributed by atoms with Crippen molar-refractivity contribution in [3.8, 4) is 17.3 Å². The summed E-state index contributed by atoms with van der Waals surface area (Å²) >= 11 is 4.90. The van der Waals surface area contributed by atoms with Crippen molar-refractivity contribution >= 4 is 49.0 Å². The van der Waals surface area contributed by atoms with Gasteiger partial charge in [-0.15, -0.1) is 11.3 Å². The summed E-state index contributed by atoms with van der Waals surface area (Å²) in [5, 5.41) is 9.74. The molecule has 5 nitrogen and oxygen atoms in total. The molecule has 130 valence electrons. The Morgan fingerprint density at radius 3 is 2.69 bits per heavy atom. The number of hydrogen-bond acceptors (Lipinski definition) is 5. The molecule has 4 rings (SSSR count). The van der Waals surface area contributed by atoms with Gasteiger partial charge in [-0.1, -0.05) is 28.1 Å². The fraction of sp³-hybridized carbons (Fsp3) is 0.211. The van der Waals surface area contributed by atoms with Gasteiger partial charge in [0.25, 0.3) is 0 Å². The SMILES string of the molecule is N#CN=C(N)c1sc2nc3c(c(-c4ccc(Br)cc4)c2c1N)CCCC3. The summed E-state index contributed by atoms with van der Waals surface area (Å²) < 4.78 is 1.03. The third kappa shape index (κ3) is 2.75. The lowest BCUT2D eigenvalue weighted by Gasteiger charge is -2.20. The molecule has 0 saturated carbocycles. The number of nitrogens with two attached hydrogens (primary N) is 2. The van der Waals surface area contributed by atoms with Gasteiger partial charge in [-0.3, -0.25) is 0 Å². The second-order valence-electron chi connectivity index (χ2n) is 6.25. The first-order valence-corrected chi connectivity index (χ1v) is 9.93. The number of benzene rings is 1. The number of pyridine rings is 1. The van der Waals surface area contributed by atoms with Gasteiger partial charge in [-0.25, -0.2) is 4.98 Å². The molecule has 0 fully saturated rings. The zero-order chi connectivity index (χ0) is 18.3. The first kappa shape index (κ1) is 17.0. The summed E-state index contributed by atoms with van der Waals surface area (Å²) in [4.78, 5) is 10.0. The molecule has 0 radical (unpaired) electrons. The van der Waals surface area contributed by atoms with Gasteiger partial charge in [0.05, 0.1) is 10.6 Å². The summed E-state index contributed by atoms with van der Waals surface area (Å²) in [6, 6.07) is 8.26. The lowest BCUT2D eigenvalue weighted by molar-refractivity contribution is 0.673. The average molecular weight is 426 g/mol. The Bertz CT molecular complexity index is 1080. The number of thiophene rings is 1. The summed E-state index contributed by atoms with van der Waals surface area (Å²) in [5.41, 5.74) is 17.7. The van der Waals surface area contributed by atoms with Crippen molar-refractivity contribution in [3.05, 3.63) is 44.9 Å². The van der Waals surface area contributed by atoms with E-state index in [-0.39, 0.29) is 5.84 Å². The van der Waals surface area contributed by atoms with Crippen LogP contribution in [0.25, 0.3) is 21.3 Å². The van der Waals surface area contributed by atoms with Crippen LogP contribution in [0.4, 0.5) is 5.69 Å². The van der Waals surface area contributed by atoms with Crippen molar-refractivity contribution in [2.75, 3.05) is 5.73 Å². The molecule has 26 heavy (non-hydrogen) atoms. The predicted molar refractivity (Wildman–Crippen MR) is 110 cm³/mol. The summed E-state index contributed by atoms with van der Waals surface area (Å²) in [7, 11) is 0. The Kier molecular flexibility index (Phi) is 4.39. The maximum Gasteiger partial charge on any atom is 0.207 e. The monoisotopic (exact) mass is 425 g/mol. The highest BCUT2D eigenvalue weighted by Gasteiger charge is 2.24. The summed E-state index contributed by atoms with van der Waals surface area (Å²) in [6.07, 6.45) is 6.01. The molecule has 0 amide bonds. The molecule has 1 aliphatic carbocycles. The van der Waals surface area contributed by atoms with Crippen molar-refractivity contribution in [1.29, 1.82) is 5.26 Å². The maximum absolute atomic E-state index is 8.82. The van der Waals surface area contributed by atoms with Gasteiger partial charge in [0.15, 0.2) is 5.84 Å². The highest BCUT2D eigenvalue weighted by atomic mass is 79.9. The average Bonchev–Trinajstić information content (AvgIpc) is 2.97. The van der Waals surface area contributed by atoms with Crippen LogP contribution in [0.3, 0.4) is 0 Å². The van der Waals surface area contributed by atoms with Crippen molar-refractivity contribution < 1.29 is 0 Å². The van der Waals surface area contributed by atoms with E-state index in [1.54, 1.807) is 6.19 Å². The van der Waals surface area contributed by atoms with Gasteiger partial charge in [0, 0.05) is 15.6 Å². The third-order valence-corrected chi connectivity index (χ3v) is 6.34. The zero-order valence-corrected chi connectivity index (χ0v) is 16.3. The predicted octanol–water partition coefficient (Wildman–Crippen LogP) is 4.37. The number of nitriles is 1. The minimum atomic E-state index is 0.146. The Morgan fingerprint density at radius 1 is 1.23 bits per heavy atom. The molecule has 0 spiro atoms. The van der Waals surface area contributed by atoms with Crippen LogP contribution in [0.5, 0.6) is 0 Å². The topological polar surface area (TPSA) is 101 Å². The molecule has 0 unspecified atom stereocenters. The molecule has 0 atom stereocenters. The van der Waals surface area contributed by atoms with Crippen LogP contribution >= 0.6 is 27.3 Å². The molecular weight excluding hydrogens is 410 g/mol. The van der Waals surface area contributed by atoms with E-state index in [4.69, 9.17) is 21.7 Å². The Morgan fingerprint density at radius 2 is 1.96 bits per heavy atom. The largest absolute Gasteiger partial charge is 0.397 e. The van der Waals surface area contributed by atoms with E-state index >= 15 is 0 Å². The highest BCUT2D eigenvalue weighted by molar-refractivity contribution is 9.10. The number of amidine groups is 1. The number of fused-ring (bicyclic) bond motifs is 2. The smallest absolute Gasteiger partial charge is 0.207 e. The minimum absolute atomic E-state index is 0.146. The zero-order valence-electron chi connectivity index (χ0n) is 13.9. The van der Waals surface area contributed by atoms with Gasteiger partial charge in [0.1, 0.15) is 4.83 Å². The molecule has 1 aromatic carbocycles. The van der Waals surface area contributed by atoms with Crippen LogP contribution in [0.2, 0.25) is 0 Å². The summed E-state index contributed by atoms with van der Waals surface area (Å²) in [5.74, 6) is 0.146. The number of hydrogen-bond donors (Lipinski definition) is 2. The lowest BCUT2D eigenvalue weighted by atomic mass is 9.87. The number of nitrogens with zero attached hydrogens (tertiary/aromatic N) is 3. The van der Waals surface area contributed by atoms with E-state index in [0.717, 1.165) is 57.2 Å². The Hall–Kier alpha value is -2.43. The maximum atomic E-state index is 8.82. The van der Waals surface area contributed by atoms with E-state index < -0.39 is 0 Å². The van der Waals surface area contributed by atoms with Crippen LogP contribution in [-0.4, -0.2) is 10.8 Å². The Balaban J connectivity index is 2.08. The van der Waals surface area contributed by atoms with Crippen molar-refractivity contribution in [3.63, 3.8) is 0 Å². The van der Waals surface area contributed by atoms with E-state index in [1.165, 1.54) is 16.9 Å². The van der Waals surface area contributed by atoms with Crippen LogP contribution in [0.1, 0.15) is 29.0 Å². The van der Waals surface area contributed by atoms with E-state index in [2.05, 4.69) is 33.1 Å². The van der Waals surface area contributed by atoms with Gasteiger partial charge < -0.3 is 11.5 Å². The molecular formula is C19H16BrN5S. The lowest BCUT2D eigenvalue weighted by Crippen LogP contribution is -2.12. The van der Waals surface area contributed by atoms with Gasteiger partial charge in [0.2, 0.25) is 6.19 Å². The number of rotatable bonds is 2. The molecule has 0 aliphatic heterocycles. The summed E-state index contributed by atoms with van der Waals surface area (Å²) in [6.45, 7) is 0. The normalized spacial score (nSPS) is 14.2. The van der Waals surface area contributed by atoms with Crippen molar-refractivity contribution in [2.24, 2.45) is 10.7 Å². The van der Waals surface area contributed by atoms with Crippen LogP contribution in [-0.2, 0) is 12.8 Å². The molecule has 3 aromatic rings. The number of aliphatic imine (C=N–C) groups is 1. The second-order valence-corrected chi connectivity index (χ2v) is 8.16. The Labute approximate surface area is 163 Å². The standard InChI is InChI=1S/C19H16BrN5S/c20-11-7-5-10(6-8-11)14-12-3-1-2-4-13(12)25-19-15(14)16(22)17(26-19)18(23)24-9-21/h5-8H,1-4,22H2,(H2,23,24). The highest BCUT2D eigenvalue weighted by Crippen LogP contribution is 2.43. The molecule has 7 heteroatoms. The molecule has 4 N–H and O–H groups in total. The fourth-order valence-corrected chi connectivity index (χ4v) is 4.83. The third-order valence-electron chi connectivity index (χ3n) is 4.69. The van der Waals surface area contributed by atoms with E-state index in [1.807, 2.05) is 12.1 Å². The first-order valence-electron chi connectivity index (χ1n) is 8.32. The number of anilines is 1. The van der Waals surface area contributed by atoms with Crippen LogP contribution < -0.4 is 11.5 Å².